The minimum Gasteiger partial charge on any atom is -0.453 e. The van der Waals surface area contributed by atoms with Crippen molar-refractivity contribution in [3.63, 3.8) is 0 Å². The third-order valence-electron chi connectivity index (χ3n) is 11.2. The minimum atomic E-state index is -0.680. The number of hydrogen-bond donors (Lipinski definition) is 4. The zero-order valence-corrected chi connectivity index (χ0v) is 32.0. The molecule has 14 heteroatoms. The molecule has 2 aromatic heterocycles. The summed E-state index contributed by atoms with van der Waals surface area (Å²) in [5.74, 6) is 1.09. The lowest BCUT2D eigenvalue weighted by Gasteiger charge is -2.30. The molecular weight excluding hydrogens is 688 g/mol. The van der Waals surface area contributed by atoms with E-state index in [0.717, 1.165) is 83.6 Å². The first kappa shape index (κ1) is 38.3. The highest BCUT2D eigenvalue weighted by molar-refractivity contribution is 5.88. The van der Waals surface area contributed by atoms with Crippen molar-refractivity contribution in [2.24, 2.45) is 11.8 Å². The maximum absolute atomic E-state index is 13.7. The van der Waals surface area contributed by atoms with Gasteiger partial charge in [-0.25, -0.2) is 19.6 Å². The fourth-order valence-electron chi connectivity index (χ4n) is 7.59. The number of fused-ring (bicyclic) bond motifs is 1. The van der Waals surface area contributed by atoms with Gasteiger partial charge in [-0.2, -0.15) is 0 Å². The highest BCUT2D eigenvalue weighted by atomic mass is 16.5. The molecular formula is C40H52N8O6. The highest BCUT2D eigenvalue weighted by Crippen LogP contribution is 2.35. The number of hydrogen-bond acceptors (Lipinski definition) is 8. The quantitative estimate of drug-likeness (QED) is 0.128. The number of ether oxygens (including phenoxy) is 2. The first-order chi connectivity index (χ1) is 26.1. The van der Waals surface area contributed by atoms with Gasteiger partial charge >= 0.3 is 12.2 Å². The van der Waals surface area contributed by atoms with Crippen molar-refractivity contribution < 1.29 is 28.7 Å². The van der Waals surface area contributed by atoms with Crippen LogP contribution < -0.4 is 10.6 Å². The lowest BCUT2D eigenvalue weighted by molar-refractivity contribution is -0.136. The standard InChI is InChI=1S/C40H52N8O6/c1-7-23(3)33(45-39(51)53-5)37(49)47-19-9-11-31(47)35-41-22-30(44-35)26-15-13-25(14-16-26)27-17-18-28-29(21-27)43-36(42-28)32-12-10-20-48(32)38(50)34(24(4)8-2)46-40(52)54-6/h13-18,21-24,31-34H,7-12,19-20H2,1-6H3,(H,41,44)(H,42,43)(H,45,51)(H,46,52). The van der Waals surface area contributed by atoms with Gasteiger partial charge in [-0.15, -0.1) is 0 Å². The molecule has 54 heavy (non-hydrogen) atoms. The summed E-state index contributed by atoms with van der Waals surface area (Å²) < 4.78 is 9.60. The molecule has 6 atom stereocenters. The number of aromatic amines is 2. The Balaban J connectivity index is 1.16. The topological polar surface area (TPSA) is 175 Å². The number of nitrogens with one attached hydrogen (secondary N) is 4. The summed E-state index contributed by atoms with van der Waals surface area (Å²) >= 11 is 0. The van der Waals surface area contributed by atoms with E-state index in [-0.39, 0.29) is 35.7 Å². The first-order valence-corrected chi connectivity index (χ1v) is 19.0. The lowest BCUT2D eigenvalue weighted by atomic mass is 9.97. The van der Waals surface area contributed by atoms with Crippen LogP contribution in [0.3, 0.4) is 0 Å². The number of alkyl carbamates (subject to hydrolysis) is 2. The number of likely N-dealkylation sites (tertiary alicyclic amines) is 2. The molecule has 4 heterocycles. The first-order valence-electron chi connectivity index (χ1n) is 19.0. The number of aromatic nitrogens is 4. The maximum Gasteiger partial charge on any atom is 0.407 e. The van der Waals surface area contributed by atoms with E-state index in [4.69, 9.17) is 19.4 Å². The van der Waals surface area contributed by atoms with Crippen LogP contribution in [0.15, 0.2) is 48.7 Å². The molecule has 0 bridgehead atoms. The van der Waals surface area contributed by atoms with Crippen LogP contribution in [-0.2, 0) is 19.1 Å². The van der Waals surface area contributed by atoms with Crippen molar-refractivity contribution in [1.82, 2.24) is 40.4 Å². The Morgan fingerprint density at radius 3 is 1.81 bits per heavy atom. The zero-order valence-electron chi connectivity index (χ0n) is 32.0. The Hall–Kier alpha value is -5.40. The fraction of sp³-hybridized carbons (Fsp3) is 0.500. The Kier molecular flexibility index (Phi) is 11.9. The Bertz CT molecular complexity index is 1960. The van der Waals surface area contributed by atoms with Gasteiger partial charge in [0.2, 0.25) is 11.8 Å². The molecule has 2 aliphatic heterocycles. The van der Waals surface area contributed by atoms with E-state index in [9.17, 15) is 19.2 Å². The number of methoxy groups -OCH3 is 2. The summed E-state index contributed by atoms with van der Waals surface area (Å²) in [6, 6.07) is 12.5. The van der Waals surface area contributed by atoms with Crippen molar-refractivity contribution in [1.29, 1.82) is 0 Å². The van der Waals surface area contributed by atoms with Gasteiger partial charge in [-0.05, 0) is 66.3 Å². The molecule has 0 aliphatic carbocycles. The monoisotopic (exact) mass is 740 g/mol. The van der Waals surface area contributed by atoms with Gasteiger partial charge in [0.15, 0.2) is 0 Å². The second-order valence-corrected chi connectivity index (χ2v) is 14.5. The maximum atomic E-state index is 13.7. The summed E-state index contributed by atoms with van der Waals surface area (Å²) in [6.07, 6.45) is 5.28. The summed E-state index contributed by atoms with van der Waals surface area (Å²) in [6.45, 7) is 9.09. The highest BCUT2D eigenvalue weighted by Gasteiger charge is 2.39. The minimum absolute atomic E-state index is 0.0569. The van der Waals surface area contributed by atoms with E-state index in [1.54, 1.807) is 6.20 Å². The fourth-order valence-corrected chi connectivity index (χ4v) is 7.59. The van der Waals surface area contributed by atoms with Crippen LogP contribution in [0.2, 0.25) is 0 Å². The normalized spacial score (nSPS) is 19.3. The van der Waals surface area contributed by atoms with Gasteiger partial charge in [0.05, 0.1) is 49.2 Å². The second kappa shape index (κ2) is 16.7. The van der Waals surface area contributed by atoms with Crippen molar-refractivity contribution in [2.75, 3.05) is 27.3 Å². The molecule has 2 fully saturated rings. The number of benzene rings is 2. The van der Waals surface area contributed by atoms with Gasteiger partial charge in [-0.1, -0.05) is 70.9 Å². The third kappa shape index (κ3) is 7.92. The number of amides is 4. The third-order valence-corrected chi connectivity index (χ3v) is 11.2. The molecule has 0 saturated carbocycles. The predicted octanol–water partition coefficient (Wildman–Crippen LogP) is 6.49. The summed E-state index contributed by atoms with van der Waals surface area (Å²) in [5, 5.41) is 5.49. The van der Waals surface area contributed by atoms with E-state index in [0.29, 0.717) is 13.1 Å². The largest absolute Gasteiger partial charge is 0.453 e. The number of H-pyrrole nitrogens is 2. The molecule has 2 saturated heterocycles. The van der Waals surface area contributed by atoms with Crippen LogP contribution >= 0.6 is 0 Å². The second-order valence-electron chi connectivity index (χ2n) is 14.5. The van der Waals surface area contributed by atoms with E-state index in [1.165, 1.54) is 14.2 Å². The van der Waals surface area contributed by atoms with Crippen molar-refractivity contribution in [3.8, 4) is 22.4 Å². The van der Waals surface area contributed by atoms with Crippen molar-refractivity contribution in [2.45, 2.75) is 90.4 Å². The lowest BCUT2D eigenvalue weighted by Crippen LogP contribution is -2.51. The van der Waals surface area contributed by atoms with Crippen LogP contribution in [0.25, 0.3) is 33.4 Å². The Morgan fingerprint density at radius 2 is 1.28 bits per heavy atom. The smallest absolute Gasteiger partial charge is 0.407 e. The van der Waals surface area contributed by atoms with Gasteiger partial charge in [0.1, 0.15) is 23.7 Å². The predicted molar refractivity (Wildman–Crippen MR) is 204 cm³/mol. The van der Waals surface area contributed by atoms with Gasteiger partial charge in [-0.3, -0.25) is 9.59 Å². The number of imidazole rings is 2. The summed E-state index contributed by atoms with van der Waals surface area (Å²) in [4.78, 5) is 71.8. The molecule has 288 valence electrons. The van der Waals surface area contributed by atoms with Crippen LogP contribution in [-0.4, -0.2) is 93.1 Å². The molecule has 0 spiro atoms. The summed E-state index contributed by atoms with van der Waals surface area (Å²) in [5.41, 5.74) is 5.56. The van der Waals surface area contributed by atoms with Gasteiger partial charge < -0.3 is 39.9 Å². The van der Waals surface area contributed by atoms with Crippen LogP contribution in [0.4, 0.5) is 9.59 Å². The Morgan fingerprint density at radius 1 is 0.759 bits per heavy atom. The molecule has 6 unspecified atom stereocenters. The average Bonchev–Trinajstić information content (AvgIpc) is 4.03. The van der Waals surface area contributed by atoms with Crippen LogP contribution in [0.5, 0.6) is 0 Å². The van der Waals surface area contributed by atoms with E-state index < -0.39 is 24.3 Å². The van der Waals surface area contributed by atoms with Crippen LogP contribution in [0.1, 0.15) is 90.0 Å². The van der Waals surface area contributed by atoms with E-state index in [1.807, 2.05) is 61.8 Å². The molecule has 14 nitrogen and oxygen atoms in total. The molecule has 4 aromatic rings. The molecule has 4 amide bonds. The van der Waals surface area contributed by atoms with Crippen molar-refractivity contribution in [3.05, 3.63) is 60.3 Å². The average molecular weight is 741 g/mol. The number of nitrogens with zero attached hydrogens (tertiary/aromatic N) is 4. The van der Waals surface area contributed by atoms with E-state index in [2.05, 4.69) is 38.8 Å². The van der Waals surface area contributed by atoms with Gasteiger partial charge in [0.25, 0.3) is 0 Å². The molecule has 4 N–H and O–H groups in total. The Labute approximate surface area is 315 Å². The van der Waals surface area contributed by atoms with Crippen molar-refractivity contribution >= 4 is 35.0 Å². The number of carbonyl (C=O) groups excluding carboxylic acids is 4. The molecule has 2 aromatic carbocycles. The molecule has 2 aliphatic rings. The SMILES string of the molecule is CCC(C)C(NC(=O)OC)C(=O)N1CCCC1c1ncc(-c2ccc(-c3ccc4nc(C5CCCN5C(=O)C(NC(=O)OC)C(C)CC)[nH]c4c3)cc2)[nH]1. The summed E-state index contributed by atoms with van der Waals surface area (Å²) in [7, 11) is 2.60. The zero-order chi connectivity index (χ0) is 38.5. The van der Waals surface area contributed by atoms with E-state index >= 15 is 0 Å². The van der Waals surface area contributed by atoms with Crippen LogP contribution in [0, 0.1) is 11.8 Å². The molecule has 6 rings (SSSR count). The molecule has 0 radical (unpaired) electrons. The number of carbonyl (C=O) groups is 4. The van der Waals surface area contributed by atoms with Gasteiger partial charge in [0, 0.05) is 13.1 Å². The number of rotatable bonds is 12.